The van der Waals surface area contributed by atoms with Crippen molar-refractivity contribution < 1.29 is 33.0 Å². The van der Waals surface area contributed by atoms with E-state index in [-0.39, 0.29) is 42.9 Å². The van der Waals surface area contributed by atoms with E-state index in [4.69, 9.17) is 14.2 Å². The highest BCUT2D eigenvalue weighted by atomic mass is 19.1. The summed E-state index contributed by atoms with van der Waals surface area (Å²) in [6.45, 7) is 0.335. The molecule has 0 unspecified atom stereocenters. The van der Waals surface area contributed by atoms with E-state index in [1.54, 1.807) is 77.7 Å². The van der Waals surface area contributed by atoms with E-state index in [1.807, 2.05) is 0 Å². The predicted octanol–water partition coefficient (Wildman–Crippen LogP) is 3.78. The van der Waals surface area contributed by atoms with E-state index < -0.39 is 23.9 Å². The molecule has 3 aliphatic rings. The first-order chi connectivity index (χ1) is 24.4. The SMILES string of the molecule is COc1cc2ccc1CNC(=O)COc1cccc(c1)-c1ccc(F)c(c1)C(=O)N[C@@H]1CN(C(=O)c3ccccc3-c3nn[nH]n3)CC[C@@H]1O2. The van der Waals surface area contributed by atoms with Crippen LogP contribution in [0.2, 0.25) is 0 Å². The van der Waals surface area contributed by atoms with Gasteiger partial charge in [-0.25, -0.2) is 4.39 Å². The average Bonchev–Trinajstić information content (AvgIpc) is 3.69. The number of fused-ring (bicyclic) bond motifs is 7. The van der Waals surface area contributed by atoms with Gasteiger partial charge in [-0.2, -0.15) is 5.21 Å². The Morgan fingerprint density at radius 3 is 2.66 bits per heavy atom. The van der Waals surface area contributed by atoms with Gasteiger partial charge in [0.25, 0.3) is 17.7 Å². The van der Waals surface area contributed by atoms with Crippen LogP contribution in [0.4, 0.5) is 4.39 Å². The van der Waals surface area contributed by atoms with Gasteiger partial charge < -0.3 is 29.7 Å². The molecule has 254 valence electrons. The fraction of sp³-hybridized carbons (Fsp3) is 0.222. The second kappa shape index (κ2) is 14.0. The van der Waals surface area contributed by atoms with Gasteiger partial charge in [0.05, 0.1) is 24.3 Å². The van der Waals surface area contributed by atoms with Gasteiger partial charge in [-0.05, 0) is 58.8 Å². The molecule has 0 radical (unpaired) electrons. The van der Waals surface area contributed by atoms with Crippen molar-refractivity contribution in [2.75, 3.05) is 26.8 Å². The first-order valence-electron chi connectivity index (χ1n) is 15.9. The van der Waals surface area contributed by atoms with Crippen LogP contribution in [0.15, 0.2) is 84.9 Å². The molecule has 2 atom stereocenters. The molecule has 3 N–H and O–H groups in total. The number of ether oxygens (including phenoxy) is 3. The fourth-order valence-corrected chi connectivity index (χ4v) is 6.11. The zero-order valence-electron chi connectivity index (χ0n) is 26.9. The zero-order chi connectivity index (χ0) is 34.6. The van der Waals surface area contributed by atoms with Crippen LogP contribution in [-0.4, -0.2) is 82.2 Å². The zero-order valence-corrected chi connectivity index (χ0v) is 26.9. The summed E-state index contributed by atoms with van der Waals surface area (Å²) in [4.78, 5) is 42.1. The smallest absolute Gasteiger partial charge is 0.258 e. The molecule has 0 saturated carbocycles. The maximum absolute atomic E-state index is 15.3. The molecule has 0 spiro atoms. The van der Waals surface area contributed by atoms with E-state index in [1.165, 1.54) is 19.2 Å². The Balaban J connectivity index is 1.24. The van der Waals surface area contributed by atoms with Crippen LogP contribution in [0.25, 0.3) is 22.5 Å². The van der Waals surface area contributed by atoms with Gasteiger partial charge in [-0.1, -0.05) is 36.4 Å². The third-order valence-corrected chi connectivity index (χ3v) is 8.67. The highest BCUT2D eigenvalue weighted by molar-refractivity contribution is 6.00. The van der Waals surface area contributed by atoms with Crippen LogP contribution < -0.4 is 24.8 Å². The molecule has 4 heterocycles. The molecule has 50 heavy (non-hydrogen) atoms. The molecule has 6 bridgehead atoms. The number of halogens is 1. The Morgan fingerprint density at radius 1 is 0.960 bits per heavy atom. The van der Waals surface area contributed by atoms with Crippen LogP contribution in [0.1, 0.15) is 32.7 Å². The van der Waals surface area contributed by atoms with Gasteiger partial charge in [0.2, 0.25) is 5.82 Å². The molecule has 1 saturated heterocycles. The van der Waals surface area contributed by atoms with Crippen molar-refractivity contribution >= 4 is 17.7 Å². The summed E-state index contributed by atoms with van der Waals surface area (Å²) in [7, 11) is 1.52. The lowest BCUT2D eigenvalue weighted by Gasteiger charge is -2.39. The number of methoxy groups -OCH3 is 1. The molecular weight excluding hydrogens is 645 g/mol. The Bertz CT molecular complexity index is 2060. The summed E-state index contributed by atoms with van der Waals surface area (Å²) in [6.07, 6.45) is -0.257. The monoisotopic (exact) mass is 677 g/mol. The normalized spacial score (nSPS) is 17.8. The number of amides is 3. The number of hydrogen-bond donors (Lipinski definition) is 3. The third kappa shape index (κ3) is 6.81. The van der Waals surface area contributed by atoms with Crippen molar-refractivity contribution in [3.63, 3.8) is 0 Å². The lowest BCUT2D eigenvalue weighted by atomic mass is 9.98. The molecule has 8 rings (SSSR count). The maximum Gasteiger partial charge on any atom is 0.258 e. The van der Waals surface area contributed by atoms with Crippen LogP contribution in [-0.2, 0) is 11.3 Å². The van der Waals surface area contributed by atoms with Crippen molar-refractivity contribution in [2.24, 2.45) is 0 Å². The summed E-state index contributed by atoms with van der Waals surface area (Å²) in [6, 6.07) is 22.6. The van der Waals surface area contributed by atoms with Gasteiger partial charge in [0.1, 0.15) is 29.2 Å². The summed E-state index contributed by atoms with van der Waals surface area (Å²) >= 11 is 0. The molecule has 13 nitrogen and oxygen atoms in total. The van der Waals surface area contributed by atoms with E-state index in [2.05, 4.69) is 31.3 Å². The van der Waals surface area contributed by atoms with Crippen molar-refractivity contribution in [3.05, 3.63) is 107 Å². The number of aromatic amines is 1. The van der Waals surface area contributed by atoms with E-state index >= 15 is 4.39 Å². The predicted molar refractivity (Wildman–Crippen MR) is 178 cm³/mol. The van der Waals surface area contributed by atoms with Crippen LogP contribution in [0.3, 0.4) is 0 Å². The van der Waals surface area contributed by atoms with E-state index in [9.17, 15) is 14.4 Å². The molecule has 5 aromatic rings. The number of H-pyrrole nitrogens is 1. The first kappa shape index (κ1) is 32.2. The molecule has 14 heteroatoms. The van der Waals surface area contributed by atoms with Gasteiger partial charge in [-0.15, -0.1) is 10.2 Å². The summed E-state index contributed by atoms with van der Waals surface area (Å²) in [5.41, 5.74) is 2.62. The number of hydrogen-bond acceptors (Lipinski definition) is 9. The Kier molecular flexibility index (Phi) is 9.06. The summed E-state index contributed by atoms with van der Waals surface area (Å²) in [5, 5.41) is 19.9. The second-order valence-electron chi connectivity index (χ2n) is 11.8. The third-order valence-electron chi connectivity index (χ3n) is 8.67. The minimum absolute atomic E-state index is 0.0672. The van der Waals surface area contributed by atoms with Gasteiger partial charge in [0.15, 0.2) is 6.61 Å². The minimum Gasteiger partial charge on any atom is -0.496 e. The highest BCUT2D eigenvalue weighted by Crippen LogP contribution is 2.30. The Hall–Kier alpha value is -6.31. The number of tetrazole rings is 1. The van der Waals surface area contributed by atoms with E-state index in [0.717, 1.165) is 0 Å². The van der Waals surface area contributed by atoms with Crippen molar-refractivity contribution in [1.29, 1.82) is 0 Å². The maximum atomic E-state index is 15.3. The number of aromatic nitrogens is 4. The average molecular weight is 678 g/mol. The second-order valence-corrected chi connectivity index (χ2v) is 11.8. The lowest BCUT2D eigenvalue weighted by molar-refractivity contribution is -0.123. The van der Waals surface area contributed by atoms with Gasteiger partial charge in [-0.3, -0.25) is 14.4 Å². The summed E-state index contributed by atoms with van der Waals surface area (Å²) < 4.78 is 33.1. The fourth-order valence-electron chi connectivity index (χ4n) is 6.11. The topological polar surface area (TPSA) is 161 Å². The standard InChI is InChI=1S/C36H32FN7O6/c1-48-32-17-25-11-9-23(32)18-38-33(45)20-49-24-6-4-5-21(15-24)22-10-12-29(37)28(16-22)35(46)39-30-19-44(14-13-31(30)50-25)36(47)27-8-3-2-7-26(27)34-40-42-43-41-34/h2-12,15-17,30-31H,13-14,18-20H2,1H3,(H,38,45)(H,39,46)(H,40,41,42,43)/t30-,31+/m1/s1. The van der Waals surface area contributed by atoms with Crippen LogP contribution >= 0.6 is 0 Å². The number of nitrogens with one attached hydrogen (secondary N) is 3. The quantitative estimate of drug-likeness (QED) is 0.258. The largest absolute Gasteiger partial charge is 0.496 e. The van der Waals surface area contributed by atoms with Gasteiger partial charge in [0, 0.05) is 43.2 Å². The molecule has 1 aromatic heterocycles. The molecule has 0 aliphatic carbocycles. The first-order valence-corrected chi connectivity index (χ1v) is 15.9. The number of piperidine rings is 1. The Labute approximate surface area is 285 Å². The number of carbonyl (C=O) groups excluding carboxylic acids is 3. The molecule has 1 fully saturated rings. The van der Waals surface area contributed by atoms with Crippen molar-refractivity contribution in [2.45, 2.75) is 25.1 Å². The number of carbonyl (C=O) groups is 3. The van der Waals surface area contributed by atoms with Crippen LogP contribution in [0.5, 0.6) is 17.2 Å². The molecule has 3 amide bonds. The Morgan fingerprint density at radius 2 is 1.82 bits per heavy atom. The highest BCUT2D eigenvalue weighted by Gasteiger charge is 2.36. The van der Waals surface area contributed by atoms with Crippen LogP contribution in [0, 0.1) is 5.82 Å². The van der Waals surface area contributed by atoms with Gasteiger partial charge >= 0.3 is 0 Å². The molecule has 3 aliphatic heterocycles. The molecule has 4 aromatic carbocycles. The summed E-state index contributed by atoms with van der Waals surface area (Å²) in [5.74, 6) is -0.387. The molecular formula is C36H32FN7O6. The number of nitrogens with zero attached hydrogens (tertiary/aromatic N) is 4. The minimum atomic E-state index is -0.743. The number of rotatable bonds is 3. The van der Waals surface area contributed by atoms with Crippen molar-refractivity contribution in [3.8, 4) is 39.8 Å². The van der Waals surface area contributed by atoms with Crippen molar-refractivity contribution in [1.82, 2.24) is 36.2 Å². The number of likely N-dealkylation sites (tertiary alicyclic amines) is 1. The lowest BCUT2D eigenvalue weighted by Crippen LogP contribution is -2.58. The number of benzene rings is 4. The van der Waals surface area contributed by atoms with E-state index in [0.29, 0.717) is 58.0 Å².